The summed E-state index contributed by atoms with van der Waals surface area (Å²) in [5.74, 6) is -4.54. The van der Waals surface area contributed by atoms with E-state index in [1.165, 1.54) is 0 Å². The third-order valence-corrected chi connectivity index (χ3v) is 3.32. The number of carboxylic acids is 1. The quantitative estimate of drug-likeness (QED) is 0.804. The highest BCUT2D eigenvalue weighted by atomic mass is 19.2. The fourth-order valence-corrected chi connectivity index (χ4v) is 2.03. The molecule has 0 aromatic heterocycles. The summed E-state index contributed by atoms with van der Waals surface area (Å²) in [6.45, 7) is 3.85. The second-order valence-electron chi connectivity index (χ2n) is 4.85. The van der Waals surface area contributed by atoms with Gasteiger partial charge in [0.1, 0.15) is 0 Å². The molecule has 0 spiro atoms. The average Bonchev–Trinajstić information content (AvgIpc) is 2.43. The minimum atomic E-state index is -1.43. The predicted octanol–water partition coefficient (Wildman–Crippen LogP) is 3.82. The van der Waals surface area contributed by atoms with Gasteiger partial charge in [0.05, 0.1) is 11.3 Å². The Balaban J connectivity index is 2.98. The van der Waals surface area contributed by atoms with Crippen LogP contribution in [0.4, 0.5) is 14.5 Å². The first-order valence-electron chi connectivity index (χ1n) is 6.93. The first-order chi connectivity index (χ1) is 9.90. The van der Waals surface area contributed by atoms with Crippen LogP contribution in [0.2, 0.25) is 0 Å². The lowest BCUT2D eigenvalue weighted by Gasteiger charge is -2.16. The molecule has 0 aliphatic heterocycles. The van der Waals surface area contributed by atoms with Crippen LogP contribution < -0.4 is 5.32 Å². The lowest BCUT2D eigenvalue weighted by atomic mass is 9.98. The van der Waals surface area contributed by atoms with Crippen LogP contribution in [-0.4, -0.2) is 17.0 Å². The first-order valence-corrected chi connectivity index (χ1v) is 6.93. The van der Waals surface area contributed by atoms with Crippen molar-refractivity contribution in [2.75, 3.05) is 5.32 Å². The molecule has 0 heterocycles. The van der Waals surface area contributed by atoms with Crippen molar-refractivity contribution in [1.29, 1.82) is 0 Å². The Labute approximate surface area is 122 Å². The minimum absolute atomic E-state index is 0.221. The van der Waals surface area contributed by atoms with Crippen molar-refractivity contribution >= 4 is 17.6 Å². The standard InChI is InChI=1S/C15H19F2NO3/c1-3-5-6-9(4-2)14(19)18-13-8-12(17)11(16)7-10(13)15(20)21/h7-9H,3-6H2,1-2H3,(H,18,19)(H,20,21). The Bertz CT molecular complexity index is 532. The maximum absolute atomic E-state index is 13.2. The molecule has 6 heteroatoms. The zero-order valence-corrected chi connectivity index (χ0v) is 12.1. The topological polar surface area (TPSA) is 66.4 Å². The van der Waals surface area contributed by atoms with Crippen LogP contribution in [0.15, 0.2) is 12.1 Å². The molecule has 1 atom stereocenters. The maximum atomic E-state index is 13.2. The smallest absolute Gasteiger partial charge is 0.337 e. The molecule has 0 saturated carbocycles. The molecule has 116 valence electrons. The van der Waals surface area contributed by atoms with Crippen molar-refractivity contribution in [3.8, 4) is 0 Å². The van der Waals surface area contributed by atoms with Crippen molar-refractivity contribution < 1.29 is 23.5 Å². The molecule has 1 aromatic rings. The number of aromatic carboxylic acids is 1. The summed E-state index contributed by atoms with van der Waals surface area (Å²) < 4.78 is 26.3. The number of unbranched alkanes of at least 4 members (excludes halogenated alkanes) is 1. The fraction of sp³-hybridized carbons (Fsp3) is 0.467. The van der Waals surface area contributed by atoms with Crippen LogP contribution in [0.3, 0.4) is 0 Å². The summed E-state index contributed by atoms with van der Waals surface area (Å²) in [5.41, 5.74) is -0.686. The number of hydrogen-bond donors (Lipinski definition) is 2. The zero-order valence-electron chi connectivity index (χ0n) is 12.1. The van der Waals surface area contributed by atoms with E-state index >= 15 is 0 Å². The lowest BCUT2D eigenvalue weighted by Crippen LogP contribution is -2.23. The van der Waals surface area contributed by atoms with Gasteiger partial charge < -0.3 is 10.4 Å². The predicted molar refractivity (Wildman–Crippen MR) is 75.3 cm³/mol. The van der Waals surface area contributed by atoms with E-state index in [0.29, 0.717) is 25.0 Å². The molecule has 0 fully saturated rings. The van der Waals surface area contributed by atoms with Gasteiger partial charge in [0, 0.05) is 12.0 Å². The van der Waals surface area contributed by atoms with Crippen molar-refractivity contribution in [2.45, 2.75) is 39.5 Å². The molecule has 0 saturated heterocycles. The van der Waals surface area contributed by atoms with E-state index < -0.39 is 23.2 Å². The van der Waals surface area contributed by atoms with Gasteiger partial charge in [-0.2, -0.15) is 0 Å². The molecule has 4 nitrogen and oxygen atoms in total. The summed E-state index contributed by atoms with van der Waals surface area (Å²) in [4.78, 5) is 23.1. The Morgan fingerprint density at radius 2 is 1.86 bits per heavy atom. The highest BCUT2D eigenvalue weighted by Crippen LogP contribution is 2.22. The van der Waals surface area contributed by atoms with Crippen LogP contribution in [0, 0.1) is 17.6 Å². The van der Waals surface area contributed by atoms with Gasteiger partial charge in [0.25, 0.3) is 0 Å². The molecule has 1 rings (SSSR count). The molecule has 1 aromatic carbocycles. The number of anilines is 1. The molecule has 0 aliphatic rings. The second-order valence-corrected chi connectivity index (χ2v) is 4.85. The molecule has 0 aliphatic carbocycles. The number of benzene rings is 1. The summed E-state index contributed by atoms with van der Waals surface area (Å²) >= 11 is 0. The number of nitrogens with one attached hydrogen (secondary N) is 1. The van der Waals surface area contributed by atoms with E-state index in [9.17, 15) is 18.4 Å². The van der Waals surface area contributed by atoms with Gasteiger partial charge in [-0.05, 0) is 18.9 Å². The van der Waals surface area contributed by atoms with Gasteiger partial charge in [0.2, 0.25) is 5.91 Å². The minimum Gasteiger partial charge on any atom is -0.478 e. The van der Waals surface area contributed by atoms with Crippen molar-refractivity contribution in [2.24, 2.45) is 5.92 Å². The van der Waals surface area contributed by atoms with Crippen molar-refractivity contribution in [1.82, 2.24) is 0 Å². The van der Waals surface area contributed by atoms with Gasteiger partial charge in [-0.25, -0.2) is 13.6 Å². The van der Waals surface area contributed by atoms with E-state index in [2.05, 4.69) is 5.32 Å². The first kappa shape index (κ1) is 17.1. The molecule has 1 unspecified atom stereocenters. The molecule has 21 heavy (non-hydrogen) atoms. The Hall–Kier alpha value is -1.98. The molecular formula is C15H19F2NO3. The fourth-order valence-electron chi connectivity index (χ4n) is 2.03. The van der Waals surface area contributed by atoms with Crippen LogP contribution in [0.1, 0.15) is 49.9 Å². The SMILES string of the molecule is CCCCC(CC)C(=O)Nc1cc(F)c(F)cc1C(=O)O. The van der Waals surface area contributed by atoms with Crippen LogP contribution in [0.5, 0.6) is 0 Å². The van der Waals surface area contributed by atoms with Gasteiger partial charge in [-0.1, -0.05) is 26.7 Å². The number of hydrogen-bond acceptors (Lipinski definition) is 2. The highest BCUT2D eigenvalue weighted by Gasteiger charge is 2.21. The van der Waals surface area contributed by atoms with Crippen molar-refractivity contribution in [3.63, 3.8) is 0 Å². The van der Waals surface area contributed by atoms with E-state index in [0.717, 1.165) is 12.8 Å². The van der Waals surface area contributed by atoms with Gasteiger partial charge >= 0.3 is 5.97 Å². The van der Waals surface area contributed by atoms with Crippen LogP contribution in [0.25, 0.3) is 0 Å². The zero-order chi connectivity index (χ0) is 16.0. The van der Waals surface area contributed by atoms with E-state index in [1.54, 1.807) is 0 Å². The lowest BCUT2D eigenvalue weighted by molar-refractivity contribution is -0.120. The Morgan fingerprint density at radius 1 is 1.24 bits per heavy atom. The third kappa shape index (κ3) is 4.51. The average molecular weight is 299 g/mol. The molecule has 0 bridgehead atoms. The second kappa shape index (κ2) is 7.71. The van der Waals surface area contributed by atoms with Gasteiger partial charge in [-0.15, -0.1) is 0 Å². The number of carbonyl (C=O) groups excluding carboxylic acids is 1. The Morgan fingerprint density at radius 3 is 2.38 bits per heavy atom. The van der Waals surface area contributed by atoms with Crippen molar-refractivity contribution in [3.05, 3.63) is 29.3 Å². The third-order valence-electron chi connectivity index (χ3n) is 3.32. The number of halogens is 2. The summed E-state index contributed by atoms with van der Waals surface area (Å²) in [6, 6.07) is 1.27. The number of carboxylic acid groups (broad SMARTS) is 1. The van der Waals surface area contributed by atoms with E-state index in [1.807, 2.05) is 13.8 Å². The van der Waals surface area contributed by atoms with Crippen LogP contribution in [-0.2, 0) is 4.79 Å². The monoisotopic (exact) mass is 299 g/mol. The highest BCUT2D eigenvalue weighted by molar-refractivity contribution is 6.01. The largest absolute Gasteiger partial charge is 0.478 e. The molecular weight excluding hydrogens is 280 g/mol. The van der Waals surface area contributed by atoms with Gasteiger partial charge in [0.15, 0.2) is 11.6 Å². The molecule has 2 N–H and O–H groups in total. The van der Waals surface area contributed by atoms with Crippen LogP contribution >= 0.6 is 0 Å². The Kier molecular flexibility index (Phi) is 6.27. The molecule has 1 amide bonds. The van der Waals surface area contributed by atoms with E-state index in [4.69, 9.17) is 5.11 Å². The normalized spacial score (nSPS) is 12.0. The number of carbonyl (C=O) groups is 2. The summed E-state index contributed by atoms with van der Waals surface area (Å²) in [6.07, 6.45) is 3.08. The maximum Gasteiger partial charge on any atom is 0.337 e. The van der Waals surface area contributed by atoms with Gasteiger partial charge in [-0.3, -0.25) is 4.79 Å². The number of rotatable bonds is 7. The summed E-state index contributed by atoms with van der Waals surface area (Å²) in [7, 11) is 0. The van der Waals surface area contributed by atoms with E-state index in [-0.39, 0.29) is 17.5 Å². The number of amides is 1. The summed E-state index contributed by atoms with van der Waals surface area (Å²) in [5, 5.41) is 11.4. The molecule has 0 radical (unpaired) electrons.